The average molecular weight is 357 g/mol. The van der Waals surface area contributed by atoms with Crippen LogP contribution in [0.25, 0.3) is 0 Å². The van der Waals surface area contributed by atoms with E-state index >= 15 is 0 Å². The Kier molecular flexibility index (Phi) is 5.62. The minimum absolute atomic E-state index is 0.0928. The summed E-state index contributed by atoms with van der Waals surface area (Å²) in [6.07, 6.45) is 3.74. The molecule has 1 aromatic carbocycles. The zero-order valence-electron chi connectivity index (χ0n) is 15.7. The van der Waals surface area contributed by atoms with Gasteiger partial charge in [0.05, 0.1) is 11.5 Å². The Hall–Kier alpha value is -1.93. The summed E-state index contributed by atoms with van der Waals surface area (Å²) in [5.41, 5.74) is 0.448. The van der Waals surface area contributed by atoms with Crippen molar-refractivity contribution in [3.8, 4) is 6.07 Å². The van der Waals surface area contributed by atoms with Crippen LogP contribution < -0.4 is 0 Å². The maximum absolute atomic E-state index is 13.4. The molecule has 1 saturated heterocycles. The molecule has 0 aromatic heterocycles. The predicted molar refractivity (Wildman–Crippen MR) is 98.9 cm³/mol. The molecule has 1 unspecified atom stereocenters. The van der Waals surface area contributed by atoms with Crippen molar-refractivity contribution in [2.45, 2.75) is 51.0 Å². The number of nitrogens with zero attached hydrogens (tertiary/aromatic N) is 3. The second-order valence-electron chi connectivity index (χ2n) is 7.94. The first-order valence-corrected chi connectivity index (χ1v) is 9.67. The lowest BCUT2D eigenvalue weighted by atomic mass is 9.77. The Morgan fingerprint density at radius 1 is 1.12 bits per heavy atom. The Morgan fingerprint density at radius 2 is 1.69 bits per heavy atom. The molecule has 0 spiro atoms. The van der Waals surface area contributed by atoms with Crippen molar-refractivity contribution in [2.75, 3.05) is 26.2 Å². The van der Waals surface area contributed by atoms with E-state index in [1.807, 2.05) is 4.90 Å². The summed E-state index contributed by atoms with van der Waals surface area (Å²) in [5.74, 6) is 0.196. The molecular formula is C21H28FN3O. The molecule has 2 fully saturated rings. The van der Waals surface area contributed by atoms with E-state index in [2.05, 4.69) is 24.8 Å². The van der Waals surface area contributed by atoms with Gasteiger partial charge >= 0.3 is 0 Å². The van der Waals surface area contributed by atoms with Crippen molar-refractivity contribution >= 4 is 5.91 Å². The van der Waals surface area contributed by atoms with E-state index in [4.69, 9.17) is 0 Å². The number of carbonyl (C=O) groups is 1. The van der Waals surface area contributed by atoms with Gasteiger partial charge in [-0.15, -0.1) is 0 Å². The SMILES string of the molecule is CC(C)C(C#N)N1CCN(C(=O)C2(c3ccc(F)cc3)CCCC2)CC1. The van der Waals surface area contributed by atoms with Crippen LogP contribution in [-0.2, 0) is 10.2 Å². The molecule has 1 saturated carbocycles. The average Bonchev–Trinajstić information content (AvgIpc) is 3.13. The molecule has 1 heterocycles. The van der Waals surface area contributed by atoms with Gasteiger partial charge in [-0.2, -0.15) is 5.26 Å². The molecule has 5 heteroatoms. The first-order chi connectivity index (χ1) is 12.5. The molecule has 3 rings (SSSR count). The molecular weight excluding hydrogens is 329 g/mol. The molecule has 26 heavy (non-hydrogen) atoms. The van der Waals surface area contributed by atoms with Crippen molar-refractivity contribution < 1.29 is 9.18 Å². The Morgan fingerprint density at radius 3 is 2.19 bits per heavy atom. The van der Waals surface area contributed by atoms with Crippen molar-refractivity contribution in [2.24, 2.45) is 5.92 Å². The number of halogens is 1. The number of carbonyl (C=O) groups excluding carboxylic acids is 1. The van der Waals surface area contributed by atoms with Gasteiger partial charge in [-0.25, -0.2) is 4.39 Å². The van der Waals surface area contributed by atoms with Crippen LogP contribution in [0.1, 0.15) is 45.1 Å². The number of rotatable bonds is 4. The minimum Gasteiger partial charge on any atom is -0.339 e. The Bertz CT molecular complexity index is 665. The van der Waals surface area contributed by atoms with Crippen LogP contribution >= 0.6 is 0 Å². The van der Waals surface area contributed by atoms with E-state index in [1.165, 1.54) is 12.1 Å². The first-order valence-electron chi connectivity index (χ1n) is 9.67. The Labute approximate surface area is 155 Å². The maximum Gasteiger partial charge on any atom is 0.233 e. The molecule has 1 aliphatic heterocycles. The van der Waals surface area contributed by atoms with Crippen LogP contribution in [0.3, 0.4) is 0 Å². The molecule has 4 nitrogen and oxygen atoms in total. The number of benzene rings is 1. The van der Waals surface area contributed by atoms with E-state index < -0.39 is 5.41 Å². The lowest BCUT2D eigenvalue weighted by Gasteiger charge is -2.41. The fourth-order valence-electron chi connectivity index (χ4n) is 4.53. The number of piperazine rings is 1. The van der Waals surface area contributed by atoms with Crippen molar-refractivity contribution in [1.82, 2.24) is 9.80 Å². The molecule has 0 N–H and O–H groups in total. The number of amides is 1. The third-order valence-electron chi connectivity index (χ3n) is 6.02. The summed E-state index contributed by atoms with van der Waals surface area (Å²) >= 11 is 0. The van der Waals surface area contributed by atoms with Gasteiger partial charge in [0.25, 0.3) is 0 Å². The lowest BCUT2D eigenvalue weighted by Crippen LogP contribution is -2.56. The van der Waals surface area contributed by atoms with Gasteiger partial charge in [0.1, 0.15) is 11.9 Å². The largest absolute Gasteiger partial charge is 0.339 e. The molecule has 1 amide bonds. The topological polar surface area (TPSA) is 47.3 Å². The van der Waals surface area contributed by atoms with Crippen molar-refractivity contribution in [1.29, 1.82) is 5.26 Å². The molecule has 1 atom stereocenters. The number of hydrogen-bond acceptors (Lipinski definition) is 3. The quantitative estimate of drug-likeness (QED) is 0.830. The van der Waals surface area contributed by atoms with E-state index in [-0.39, 0.29) is 23.7 Å². The highest BCUT2D eigenvalue weighted by Gasteiger charge is 2.45. The zero-order valence-corrected chi connectivity index (χ0v) is 15.7. The molecule has 0 bridgehead atoms. The second kappa shape index (κ2) is 7.75. The highest BCUT2D eigenvalue weighted by atomic mass is 19.1. The fourth-order valence-corrected chi connectivity index (χ4v) is 4.53. The van der Waals surface area contributed by atoms with E-state index in [0.717, 1.165) is 44.3 Å². The fraction of sp³-hybridized carbons (Fsp3) is 0.619. The van der Waals surface area contributed by atoms with Gasteiger partial charge in [-0.3, -0.25) is 9.69 Å². The van der Waals surface area contributed by atoms with E-state index in [0.29, 0.717) is 13.1 Å². The van der Waals surface area contributed by atoms with Crippen LogP contribution in [0.15, 0.2) is 24.3 Å². The highest BCUT2D eigenvalue weighted by molar-refractivity contribution is 5.88. The highest BCUT2D eigenvalue weighted by Crippen LogP contribution is 2.43. The third-order valence-corrected chi connectivity index (χ3v) is 6.02. The smallest absolute Gasteiger partial charge is 0.233 e. The van der Waals surface area contributed by atoms with Crippen molar-refractivity contribution in [3.63, 3.8) is 0 Å². The molecule has 1 aliphatic carbocycles. The van der Waals surface area contributed by atoms with Gasteiger partial charge in [0.2, 0.25) is 5.91 Å². The van der Waals surface area contributed by atoms with Crippen LogP contribution in [0, 0.1) is 23.1 Å². The van der Waals surface area contributed by atoms with Crippen LogP contribution in [0.5, 0.6) is 0 Å². The van der Waals surface area contributed by atoms with Gasteiger partial charge in [-0.1, -0.05) is 38.8 Å². The summed E-state index contributed by atoms with van der Waals surface area (Å²) in [5, 5.41) is 9.41. The third kappa shape index (κ3) is 3.48. The summed E-state index contributed by atoms with van der Waals surface area (Å²) < 4.78 is 13.3. The van der Waals surface area contributed by atoms with Crippen LogP contribution in [0.2, 0.25) is 0 Å². The van der Waals surface area contributed by atoms with E-state index in [1.54, 1.807) is 12.1 Å². The van der Waals surface area contributed by atoms with E-state index in [9.17, 15) is 14.4 Å². The molecule has 1 aromatic rings. The Balaban J connectivity index is 1.74. The van der Waals surface area contributed by atoms with Gasteiger partial charge in [0.15, 0.2) is 0 Å². The summed E-state index contributed by atoms with van der Waals surface area (Å²) in [7, 11) is 0. The summed E-state index contributed by atoms with van der Waals surface area (Å²) in [6.45, 7) is 6.92. The zero-order chi connectivity index (χ0) is 18.7. The monoisotopic (exact) mass is 357 g/mol. The number of nitriles is 1. The van der Waals surface area contributed by atoms with Gasteiger partial charge in [0, 0.05) is 26.2 Å². The maximum atomic E-state index is 13.4. The van der Waals surface area contributed by atoms with Gasteiger partial charge < -0.3 is 4.90 Å². The molecule has 2 aliphatic rings. The molecule has 140 valence electrons. The molecule has 0 radical (unpaired) electrons. The standard InChI is InChI=1S/C21H28FN3O/c1-16(2)19(15-23)24-11-13-25(14-12-24)20(26)21(9-3-4-10-21)17-5-7-18(22)8-6-17/h5-8,16,19H,3-4,9-14H2,1-2H3. The summed E-state index contributed by atoms with van der Waals surface area (Å²) in [6, 6.07) is 8.78. The van der Waals surface area contributed by atoms with Crippen molar-refractivity contribution in [3.05, 3.63) is 35.6 Å². The number of hydrogen-bond donors (Lipinski definition) is 0. The normalized spacial score (nSPS) is 21.6. The van der Waals surface area contributed by atoms with Gasteiger partial charge in [-0.05, 0) is 36.5 Å². The minimum atomic E-state index is -0.497. The lowest BCUT2D eigenvalue weighted by molar-refractivity contribution is -0.139. The van der Waals surface area contributed by atoms with Crippen LogP contribution in [0.4, 0.5) is 4.39 Å². The predicted octanol–water partition coefficient (Wildman–Crippen LogP) is 3.33. The second-order valence-corrected chi connectivity index (χ2v) is 7.94. The first kappa shape index (κ1) is 18.8. The summed E-state index contributed by atoms with van der Waals surface area (Å²) in [4.78, 5) is 17.6. The van der Waals surface area contributed by atoms with Crippen LogP contribution in [-0.4, -0.2) is 47.9 Å².